The number of aliphatic hydroxyl groups excluding tert-OH is 1. The van der Waals surface area contributed by atoms with E-state index in [4.69, 9.17) is 5.11 Å². The molecule has 0 amide bonds. The molecule has 1 saturated carbocycles. The van der Waals surface area contributed by atoms with E-state index in [1.54, 1.807) is 18.5 Å². The van der Waals surface area contributed by atoms with E-state index < -0.39 is 0 Å². The summed E-state index contributed by atoms with van der Waals surface area (Å²) in [6.07, 6.45) is 5.48. The van der Waals surface area contributed by atoms with Gasteiger partial charge in [-0.15, -0.1) is 0 Å². The molecule has 0 spiro atoms. The largest absolute Gasteiger partial charge is 0.395 e. The first-order valence-electron chi connectivity index (χ1n) is 3.76. The Hall–Kier alpha value is -0.960. The fourth-order valence-corrected chi connectivity index (χ4v) is 1.18. The Bertz CT molecular complexity index is 244. The Morgan fingerprint density at radius 3 is 2.45 bits per heavy atom. The van der Waals surface area contributed by atoms with Gasteiger partial charge in [-0.3, -0.25) is 0 Å². The fourth-order valence-electron chi connectivity index (χ4n) is 1.18. The SMILES string of the molecule is OCC1(c2ncccn2)CC1. The summed E-state index contributed by atoms with van der Waals surface area (Å²) < 4.78 is 0. The lowest BCUT2D eigenvalue weighted by Gasteiger charge is -2.07. The second-order valence-corrected chi connectivity index (χ2v) is 3.01. The number of aliphatic hydroxyl groups is 1. The topological polar surface area (TPSA) is 46.0 Å². The summed E-state index contributed by atoms with van der Waals surface area (Å²) >= 11 is 0. The Morgan fingerprint density at radius 1 is 1.36 bits per heavy atom. The average Bonchev–Trinajstić information content (AvgIpc) is 2.86. The van der Waals surface area contributed by atoms with Crippen LogP contribution in [0.4, 0.5) is 0 Å². The Kier molecular flexibility index (Phi) is 1.39. The van der Waals surface area contributed by atoms with Gasteiger partial charge < -0.3 is 5.11 Å². The fraction of sp³-hybridized carbons (Fsp3) is 0.500. The molecule has 1 fully saturated rings. The van der Waals surface area contributed by atoms with Crippen LogP contribution < -0.4 is 0 Å². The summed E-state index contributed by atoms with van der Waals surface area (Å²) in [6.45, 7) is 0.178. The van der Waals surface area contributed by atoms with Gasteiger partial charge in [-0.25, -0.2) is 9.97 Å². The molecular formula is C8H10N2O. The van der Waals surface area contributed by atoms with Crippen LogP contribution in [0.15, 0.2) is 18.5 Å². The second-order valence-electron chi connectivity index (χ2n) is 3.01. The predicted molar refractivity (Wildman–Crippen MR) is 40.0 cm³/mol. The van der Waals surface area contributed by atoms with Crippen LogP contribution in [0, 0.1) is 0 Å². The molecular weight excluding hydrogens is 140 g/mol. The molecule has 0 bridgehead atoms. The second kappa shape index (κ2) is 2.27. The van der Waals surface area contributed by atoms with Crippen molar-refractivity contribution in [3.05, 3.63) is 24.3 Å². The predicted octanol–water partition coefficient (Wildman–Crippen LogP) is 0.500. The first-order valence-corrected chi connectivity index (χ1v) is 3.76. The first kappa shape index (κ1) is 6.73. The number of nitrogens with zero attached hydrogens (tertiary/aromatic N) is 2. The monoisotopic (exact) mass is 150 g/mol. The molecule has 3 heteroatoms. The highest BCUT2D eigenvalue weighted by Crippen LogP contribution is 2.45. The molecule has 0 aliphatic heterocycles. The Balaban J connectivity index is 2.30. The third-order valence-electron chi connectivity index (χ3n) is 2.20. The molecule has 2 rings (SSSR count). The zero-order valence-corrected chi connectivity index (χ0v) is 6.20. The van der Waals surface area contributed by atoms with E-state index in [-0.39, 0.29) is 12.0 Å². The van der Waals surface area contributed by atoms with Crippen molar-refractivity contribution in [3.63, 3.8) is 0 Å². The minimum absolute atomic E-state index is 0.0821. The van der Waals surface area contributed by atoms with Gasteiger partial charge in [-0.2, -0.15) is 0 Å². The molecule has 1 aromatic rings. The van der Waals surface area contributed by atoms with Crippen molar-refractivity contribution in [3.8, 4) is 0 Å². The highest BCUT2D eigenvalue weighted by atomic mass is 16.3. The number of aromatic nitrogens is 2. The lowest BCUT2D eigenvalue weighted by molar-refractivity contribution is 0.250. The van der Waals surface area contributed by atoms with Crippen molar-refractivity contribution in [2.75, 3.05) is 6.61 Å². The minimum Gasteiger partial charge on any atom is -0.395 e. The molecule has 0 aromatic carbocycles. The highest BCUT2D eigenvalue weighted by molar-refractivity contribution is 5.17. The van der Waals surface area contributed by atoms with E-state index in [2.05, 4.69) is 9.97 Å². The van der Waals surface area contributed by atoms with Gasteiger partial charge in [-0.05, 0) is 18.9 Å². The molecule has 11 heavy (non-hydrogen) atoms. The van der Waals surface area contributed by atoms with Gasteiger partial charge in [0, 0.05) is 12.4 Å². The van der Waals surface area contributed by atoms with Gasteiger partial charge in [0.2, 0.25) is 0 Å². The van der Waals surface area contributed by atoms with E-state index in [0.29, 0.717) is 0 Å². The van der Waals surface area contributed by atoms with Crippen molar-refractivity contribution in [2.45, 2.75) is 18.3 Å². The zero-order valence-electron chi connectivity index (χ0n) is 6.20. The minimum atomic E-state index is -0.0821. The zero-order chi connectivity index (χ0) is 7.73. The molecule has 0 unspecified atom stereocenters. The van der Waals surface area contributed by atoms with Crippen molar-refractivity contribution < 1.29 is 5.11 Å². The average molecular weight is 150 g/mol. The van der Waals surface area contributed by atoms with Gasteiger partial charge in [0.25, 0.3) is 0 Å². The summed E-state index contributed by atoms with van der Waals surface area (Å²) in [5, 5.41) is 9.03. The van der Waals surface area contributed by atoms with E-state index in [9.17, 15) is 0 Å². The van der Waals surface area contributed by atoms with Crippen LogP contribution in [0.3, 0.4) is 0 Å². The smallest absolute Gasteiger partial charge is 0.136 e. The maximum Gasteiger partial charge on any atom is 0.136 e. The van der Waals surface area contributed by atoms with Crippen LogP contribution in [-0.2, 0) is 5.41 Å². The maximum absolute atomic E-state index is 9.03. The molecule has 1 N–H and O–H groups in total. The first-order chi connectivity index (χ1) is 5.37. The molecule has 58 valence electrons. The molecule has 1 heterocycles. The van der Waals surface area contributed by atoms with E-state index >= 15 is 0 Å². The lowest BCUT2D eigenvalue weighted by Crippen LogP contribution is -2.15. The van der Waals surface area contributed by atoms with Gasteiger partial charge in [0.05, 0.1) is 12.0 Å². The van der Waals surface area contributed by atoms with E-state index in [1.807, 2.05) is 0 Å². The molecule has 1 aliphatic carbocycles. The molecule has 3 nitrogen and oxygen atoms in total. The van der Waals surface area contributed by atoms with Crippen molar-refractivity contribution in [1.82, 2.24) is 9.97 Å². The molecule has 1 aliphatic rings. The van der Waals surface area contributed by atoms with Gasteiger partial charge in [-0.1, -0.05) is 0 Å². The third-order valence-corrected chi connectivity index (χ3v) is 2.20. The molecule has 0 atom stereocenters. The van der Waals surface area contributed by atoms with Crippen LogP contribution in [-0.4, -0.2) is 21.7 Å². The van der Waals surface area contributed by atoms with Gasteiger partial charge in [0.15, 0.2) is 0 Å². The maximum atomic E-state index is 9.03. The normalized spacial score (nSPS) is 19.7. The van der Waals surface area contributed by atoms with Crippen LogP contribution in [0.5, 0.6) is 0 Å². The standard InChI is InChI=1S/C8H10N2O/c11-6-8(2-3-8)7-9-4-1-5-10-7/h1,4-5,11H,2-3,6H2. The molecule has 1 aromatic heterocycles. The number of hydrogen-bond acceptors (Lipinski definition) is 3. The summed E-state index contributed by atoms with van der Waals surface area (Å²) in [5.74, 6) is 0.794. The van der Waals surface area contributed by atoms with Crippen LogP contribution in [0.25, 0.3) is 0 Å². The quantitative estimate of drug-likeness (QED) is 0.667. The van der Waals surface area contributed by atoms with Crippen LogP contribution in [0.1, 0.15) is 18.7 Å². The van der Waals surface area contributed by atoms with Crippen molar-refractivity contribution in [2.24, 2.45) is 0 Å². The summed E-state index contributed by atoms with van der Waals surface area (Å²) in [5.41, 5.74) is -0.0821. The Morgan fingerprint density at radius 2 is 2.00 bits per heavy atom. The molecule has 0 saturated heterocycles. The van der Waals surface area contributed by atoms with E-state index in [0.717, 1.165) is 18.7 Å². The lowest BCUT2D eigenvalue weighted by atomic mass is 10.1. The van der Waals surface area contributed by atoms with Crippen LogP contribution >= 0.6 is 0 Å². The van der Waals surface area contributed by atoms with E-state index in [1.165, 1.54) is 0 Å². The van der Waals surface area contributed by atoms with Crippen molar-refractivity contribution in [1.29, 1.82) is 0 Å². The summed E-state index contributed by atoms with van der Waals surface area (Å²) in [4.78, 5) is 8.23. The van der Waals surface area contributed by atoms with Gasteiger partial charge in [0.1, 0.15) is 5.82 Å². The summed E-state index contributed by atoms with van der Waals surface area (Å²) in [6, 6.07) is 1.79. The van der Waals surface area contributed by atoms with Crippen molar-refractivity contribution >= 4 is 0 Å². The number of rotatable bonds is 2. The van der Waals surface area contributed by atoms with Gasteiger partial charge >= 0.3 is 0 Å². The third kappa shape index (κ3) is 1.01. The highest BCUT2D eigenvalue weighted by Gasteiger charge is 2.46. The van der Waals surface area contributed by atoms with Crippen LogP contribution in [0.2, 0.25) is 0 Å². The summed E-state index contributed by atoms with van der Waals surface area (Å²) in [7, 11) is 0. The molecule has 0 radical (unpaired) electrons. The number of hydrogen-bond donors (Lipinski definition) is 1. The Labute approximate surface area is 65.1 Å².